The molecule has 1 amide bonds. The molecule has 0 bridgehead atoms. The summed E-state index contributed by atoms with van der Waals surface area (Å²) in [6.07, 6.45) is 0.184. The van der Waals surface area contributed by atoms with Gasteiger partial charge < -0.3 is 15.2 Å². The van der Waals surface area contributed by atoms with E-state index in [0.717, 1.165) is 11.1 Å². The molecule has 0 spiro atoms. The molecule has 3 N–H and O–H groups in total. The predicted octanol–water partition coefficient (Wildman–Crippen LogP) is 3.47. The minimum absolute atomic E-state index is 0.0725. The Balaban J connectivity index is 1.73. The SMILES string of the molecule is CC(=N)N(CCC[C@H](N)C(=O)OCc1ccccc1)C(=O)OCc1ccccc1. The lowest BCUT2D eigenvalue weighted by molar-refractivity contribution is -0.146. The van der Waals surface area contributed by atoms with E-state index in [1.54, 1.807) is 0 Å². The van der Waals surface area contributed by atoms with E-state index < -0.39 is 18.1 Å². The van der Waals surface area contributed by atoms with Gasteiger partial charge in [0, 0.05) is 6.54 Å². The average Bonchev–Trinajstić information content (AvgIpc) is 2.74. The number of amidine groups is 1. The zero-order valence-corrected chi connectivity index (χ0v) is 16.5. The predicted molar refractivity (Wildman–Crippen MR) is 110 cm³/mol. The van der Waals surface area contributed by atoms with Crippen LogP contribution >= 0.6 is 0 Å². The highest BCUT2D eigenvalue weighted by Crippen LogP contribution is 2.07. The van der Waals surface area contributed by atoms with Gasteiger partial charge in [0.15, 0.2) is 0 Å². The molecule has 7 heteroatoms. The number of nitrogens with zero attached hydrogens (tertiary/aromatic N) is 1. The van der Waals surface area contributed by atoms with E-state index in [0.29, 0.717) is 12.8 Å². The second kappa shape index (κ2) is 11.6. The number of carbonyl (C=O) groups is 2. The van der Waals surface area contributed by atoms with Crippen molar-refractivity contribution in [2.45, 2.75) is 39.0 Å². The maximum absolute atomic E-state index is 12.3. The number of benzene rings is 2. The van der Waals surface area contributed by atoms with Gasteiger partial charge in [0.25, 0.3) is 0 Å². The minimum atomic E-state index is -0.785. The second-order valence-electron chi connectivity index (χ2n) is 6.62. The Morgan fingerprint density at radius 1 is 0.966 bits per heavy atom. The van der Waals surface area contributed by atoms with Gasteiger partial charge >= 0.3 is 12.1 Å². The summed E-state index contributed by atoms with van der Waals surface area (Å²) < 4.78 is 10.5. The Bertz CT molecular complexity index is 796. The molecule has 29 heavy (non-hydrogen) atoms. The quantitative estimate of drug-likeness (QED) is 0.383. The van der Waals surface area contributed by atoms with Gasteiger partial charge in [0.2, 0.25) is 0 Å². The summed E-state index contributed by atoms with van der Waals surface area (Å²) in [5, 5.41) is 7.80. The first-order valence-corrected chi connectivity index (χ1v) is 9.47. The van der Waals surface area contributed by atoms with Crippen molar-refractivity contribution in [2.24, 2.45) is 5.73 Å². The fourth-order valence-electron chi connectivity index (χ4n) is 2.62. The molecule has 0 heterocycles. The van der Waals surface area contributed by atoms with Crippen LogP contribution in [-0.2, 0) is 27.5 Å². The smallest absolute Gasteiger partial charge is 0.415 e. The highest BCUT2D eigenvalue weighted by molar-refractivity contribution is 5.92. The van der Waals surface area contributed by atoms with E-state index in [9.17, 15) is 9.59 Å². The number of ether oxygens (including phenoxy) is 2. The first kappa shape index (κ1) is 22.1. The van der Waals surface area contributed by atoms with Gasteiger partial charge in [0.05, 0.1) is 0 Å². The number of nitrogens with one attached hydrogen (secondary N) is 1. The van der Waals surface area contributed by atoms with Crippen LogP contribution in [-0.4, -0.2) is 35.4 Å². The van der Waals surface area contributed by atoms with Crippen molar-refractivity contribution < 1.29 is 19.1 Å². The van der Waals surface area contributed by atoms with Gasteiger partial charge in [-0.15, -0.1) is 0 Å². The van der Waals surface area contributed by atoms with Gasteiger partial charge in [-0.1, -0.05) is 60.7 Å². The molecule has 0 aliphatic heterocycles. The number of hydrogen-bond acceptors (Lipinski definition) is 6. The van der Waals surface area contributed by atoms with Crippen LogP contribution in [0, 0.1) is 5.41 Å². The summed E-state index contributed by atoms with van der Waals surface area (Å²) in [5.74, 6) is -0.415. The molecule has 2 aromatic carbocycles. The molecule has 0 saturated heterocycles. The van der Waals surface area contributed by atoms with Gasteiger partial charge in [-0.3, -0.25) is 15.1 Å². The largest absolute Gasteiger partial charge is 0.460 e. The number of hydrogen-bond donors (Lipinski definition) is 2. The van der Waals surface area contributed by atoms with Crippen molar-refractivity contribution in [1.29, 1.82) is 5.41 Å². The zero-order valence-electron chi connectivity index (χ0n) is 16.5. The van der Waals surface area contributed by atoms with Crippen molar-refractivity contribution in [1.82, 2.24) is 4.90 Å². The van der Waals surface area contributed by atoms with E-state index in [2.05, 4.69) is 0 Å². The van der Waals surface area contributed by atoms with Crippen LogP contribution in [0.4, 0.5) is 4.79 Å². The molecule has 0 aliphatic rings. The summed E-state index contributed by atoms with van der Waals surface area (Å²) in [5.41, 5.74) is 7.65. The molecule has 2 aromatic rings. The van der Waals surface area contributed by atoms with Crippen LogP contribution in [0.2, 0.25) is 0 Å². The number of esters is 1. The Kier molecular flexibility index (Phi) is 8.85. The molecule has 1 atom stereocenters. The number of amides is 1. The minimum Gasteiger partial charge on any atom is -0.460 e. The molecule has 2 rings (SSSR count). The third-order valence-corrected chi connectivity index (χ3v) is 4.25. The van der Waals surface area contributed by atoms with E-state index in [1.807, 2.05) is 60.7 Å². The van der Waals surface area contributed by atoms with Crippen LogP contribution < -0.4 is 5.73 Å². The second-order valence-corrected chi connectivity index (χ2v) is 6.62. The molecule has 7 nitrogen and oxygen atoms in total. The van der Waals surface area contributed by atoms with Crippen LogP contribution in [0.25, 0.3) is 0 Å². The third kappa shape index (κ3) is 7.75. The van der Waals surface area contributed by atoms with Gasteiger partial charge in [0.1, 0.15) is 25.1 Å². The molecular weight excluding hydrogens is 370 g/mol. The summed E-state index contributed by atoms with van der Waals surface area (Å²) in [6, 6.07) is 17.9. The lowest BCUT2D eigenvalue weighted by Gasteiger charge is -2.21. The average molecular weight is 397 g/mol. The first-order chi connectivity index (χ1) is 14.0. The number of nitrogens with two attached hydrogens (primary N) is 1. The summed E-state index contributed by atoms with van der Waals surface area (Å²) >= 11 is 0. The molecule has 0 unspecified atom stereocenters. The van der Waals surface area contributed by atoms with Crippen molar-refractivity contribution in [2.75, 3.05) is 6.54 Å². The van der Waals surface area contributed by atoms with Gasteiger partial charge in [-0.25, -0.2) is 4.79 Å². The van der Waals surface area contributed by atoms with Gasteiger partial charge in [-0.2, -0.15) is 0 Å². The topological polar surface area (TPSA) is 106 Å². The molecular formula is C22H27N3O4. The Morgan fingerprint density at radius 2 is 1.48 bits per heavy atom. The number of rotatable bonds is 9. The van der Waals surface area contributed by atoms with Crippen molar-refractivity contribution >= 4 is 17.9 Å². The fraction of sp³-hybridized carbons (Fsp3) is 0.318. The highest BCUT2D eigenvalue weighted by atomic mass is 16.6. The normalized spacial score (nSPS) is 11.4. The number of carbonyl (C=O) groups excluding carboxylic acids is 2. The van der Waals surface area contributed by atoms with Crippen molar-refractivity contribution in [3.8, 4) is 0 Å². The van der Waals surface area contributed by atoms with Crippen LogP contribution in [0.5, 0.6) is 0 Å². The molecule has 0 radical (unpaired) electrons. The summed E-state index contributed by atoms with van der Waals surface area (Å²) in [6.45, 7) is 2.06. The Hall–Kier alpha value is -3.19. The lowest BCUT2D eigenvalue weighted by atomic mass is 10.1. The lowest BCUT2D eigenvalue weighted by Crippen LogP contribution is -2.38. The fourth-order valence-corrected chi connectivity index (χ4v) is 2.62. The third-order valence-electron chi connectivity index (χ3n) is 4.25. The molecule has 154 valence electrons. The van der Waals surface area contributed by atoms with Crippen LogP contribution in [0.15, 0.2) is 60.7 Å². The van der Waals surface area contributed by atoms with Crippen LogP contribution in [0.1, 0.15) is 30.9 Å². The summed E-state index contributed by atoms with van der Waals surface area (Å²) in [7, 11) is 0. The Morgan fingerprint density at radius 3 is 2.00 bits per heavy atom. The van der Waals surface area contributed by atoms with Gasteiger partial charge in [-0.05, 0) is 30.9 Å². The van der Waals surface area contributed by atoms with Crippen molar-refractivity contribution in [3.05, 3.63) is 71.8 Å². The zero-order chi connectivity index (χ0) is 21.1. The van der Waals surface area contributed by atoms with Crippen LogP contribution in [0.3, 0.4) is 0 Å². The molecule has 0 saturated carbocycles. The van der Waals surface area contributed by atoms with E-state index in [1.165, 1.54) is 11.8 Å². The van der Waals surface area contributed by atoms with E-state index >= 15 is 0 Å². The monoisotopic (exact) mass is 397 g/mol. The standard InChI is InChI=1S/C22H27N3O4/c1-17(23)25(22(27)29-16-19-11-6-3-7-12-19)14-8-13-20(24)21(26)28-15-18-9-4-2-5-10-18/h2-7,9-12,20,23H,8,13-16,24H2,1H3/t20-/m0/s1. The Labute approximate surface area is 170 Å². The van der Waals surface area contributed by atoms with E-state index in [-0.39, 0.29) is 25.6 Å². The maximum atomic E-state index is 12.3. The molecule has 0 aromatic heterocycles. The molecule has 0 fully saturated rings. The maximum Gasteiger partial charge on any atom is 0.415 e. The molecule has 0 aliphatic carbocycles. The van der Waals surface area contributed by atoms with Crippen molar-refractivity contribution in [3.63, 3.8) is 0 Å². The summed E-state index contributed by atoms with van der Waals surface area (Å²) in [4.78, 5) is 25.5. The first-order valence-electron chi connectivity index (χ1n) is 9.47. The van der Waals surface area contributed by atoms with E-state index in [4.69, 9.17) is 20.6 Å². The highest BCUT2D eigenvalue weighted by Gasteiger charge is 2.20.